The summed E-state index contributed by atoms with van der Waals surface area (Å²) in [7, 11) is 0. The molecule has 2 saturated heterocycles. The standard InChI is InChI=1S/C22H40N4O3/c1-15-11-10-14-26(15)19(28)17(22(5,6)7)24-20(29)23-16(21(2,3)4)18(27)25-12-8-9-13-25/h15-17H,8-14H2,1-7H3,(H2,23,24,29). The molecule has 0 aromatic carbocycles. The summed E-state index contributed by atoms with van der Waals surface area (Å²) in [6.45, 7) is 16.0. The molecular formula is C22H40N4O3. The van der Waals surface area contributed by atoms with E-state index in [4.69, 9.17) is 0 Å². The number of nitrogens with zero attached hydrogens (tertiary/aromatic N) is 2. The molecule has 7 heteroatoms. The number of carbonyl (C=O) groups excluding carboxylic acids is 3. The second-order valence-electron chi connectivity index (χ2n) is 10.8. The van der Waals surface area contributed by atoms with Crippen LogP contribution in [0.15, 0.2) is 0 Å². The molecule has 2 fully saturated rings. The van der Waals surface area contributed by atoms with Crippen LogP contribution in [-0.4, -0.2) is 65.4 Å². The molecule has 0 saturated carbocycles. The topological polar surface area (TPSA) is 81.8 Å². The summed E-state index contributed by atoms with van der Waals surface area (Å²) in [6.07, 6.45) is 3.99. The van der Waals surface area contributed by atoms with Gasteiger partial charge in [0.05, 0.1) is 0 Å². The van der Waals surface area contributed by atoms with Gasteiger partial charge in [0.2, 0.25) is 11.8 Å². The number of amides is 4. The number of hydrogen-bond acceptors (Lipinski definition) is 3. The minimum absolute atomic E-state index is 0.0445. The monoisotopic (exact) mass is 408 g/mol. The van der Waals surface area contributed by atoms with Gasteiger partial charge >= 0.3 is 6.03 Å². The Morgan fingerprint density at radius 2 is 1.28 bits per heavy atom. The van der Waals surface area contributed by atoms with Crippen LogP contribution < -0.4 is 10.6 Å². The van der Waals surface area contributed by atoms with Crippen molar-refractivity contribution in [3.8, 4) is 0 Å². The molecule has 3 atom stereocenters. The zero-order valence-corrected chi connectivity index (χ0v) is 19.3. The highest BCUT2D eigenvalue weighted by molar-refractivity contribution is 5.91. The molecule has 2 aliphatic rings. The summed E-state index contributed by atoms with van der Waals surface area (Å²) in [5.41, 5.74) is -0.866. The Morgan fingerprint density at radius 3 is 1.69 bits per heavy atom. The normalized spacial score (nSPS) is 22.4. The van der Waals surface area contributed by atoms with E-state index < -0.39 is 28.9 Å². The van der Waals surface area contributed by atoms with Crippen molar-refractivity contribution in [2.75, 3.05) is 19.6 Å². The maximum absolute atomic E-state index is 13.2. The lowest BCUT2D eigenvalue weighted by atomic mass is 9.85. The molecule has 29 heavy (non-hydrogen) atoms. The number of carbonyl (C=O) groups is 3. The average Bonchev–Trinajstić information content (AvgIpc) is 3.26. The summed E-state index contributed by atoms with van der Waals surface area (Å²) < 4.78 is 0. The summed E-state index contributed by atoms with van der Waals surface area (Å²) in [5, 5.41) is 5.77. The van der Waals surface area contributed by atoms with Gasteiger partial charge < -0.3 is 20.4 Å². The molecule has 2 aliphatic heterocycles. The lowest BCUT2D eigenvalue weighted by Crippen LogP contribution is -2.61. The first kappa shape index (κ1) is 23.5. The lowest BCUT2D eigenvalue weighted by molar-refractivity contribution is -0.136. The van der Waals surface area contributed by atoms with Crippen LogP contribution in [0.1, 0.15) is 74.1 Å². The van der Waals surface area contributed by atoms with Crippen LogP contribution in [0.4, 0.5) is 4.79 Å². The molecule has 3 unspecified atom stereocenters. The SMILES string of the molecule is CC1CCCN1C(=O)C(NC(=O)NC(C(=O)N1CCCC1)C(C)(C)C)C(C)(C)C. The van der Waals surface area contributed by atoms with Crippen molar-refractivity contribution in [2.45, 2.75) is 92.3 Å². The van der Waals surface area contributed by atoms with Gasteiger partial charge in [-0.3, -0.25) is 9.59 Å². The van der Waals surface area contributed by atoms with Crippen LogP contribution >= 0.6 is 0 Å². The highest BCUT2D eigenvalue weighted by Gasteiger charge is 2.41. The maximum atomic E-state index is 13.2. The van der Waals surface area contributed by atoms with Crippen molar-refractivity contribution in [1.29, 1.82) is 0 Å². The molecule has 4 amide bonds. The second kappa shape index (κ2) is 8.92. The third kappa shape index (κ3) is 5.86. The largest absolute Gasteiger partial charge is 0.341 e. The predicted molar refractivity (Wildman–Crippen MR) is 114 cm³/mol. The predicted octanol–water partition coefficient (Wildman–Crippen LogP) is 2.75. The van der Waals surface area contributed by atoms with Gasteiger partial charge in [0.15, 0.2) is 0 Å². The van der Waals surface area contributed by atoms with Crippen LogP contribution in [0.25, 0.3) is 0 Å². The van der Waals surface area contributed by atoms with Gasteiger partial charge in [0, 0.05) is 25.7 Å². The Bertz CT molecular complexity index is 615. The molecule has 2 heterocycles. The van der Waals surface area contributed by atoms with Gasteiger partial charge in [-0.2, -0.15) is 0 Å². The molecule has 0 bridgehead atoms. The molecule has 2 rings (SSSR count). The van der Waals surface area contributed by atoms with Gasteiger partial charge in [-0.25, -0.2) is 4.79 Å². The van der Waals surface area contributed by atoms with E-state index in [2.05, 4.69) is 17.6 Å². The fraction of sp³-hybridized carbons (Fsp3) is 0.864. The van der Waals surface area contributed by atoms with E-state index in [1.54, 1.807) is 0 Å². The van der Waals surface area contributed by atoms with Crippen LogP contribution in [-0.2, 0) is 9.59 Å². The minimum Gasteiger partial charge on any atom is -0.341 e. The van der Waals surface area contributed by atoms with Gasteiger partial charge in [-0.15, -0.1) is 0 Å². The van der Waals surface area contributed by atoms with Crippen molar-refractivity contribution in [1.82, 2.24) is 20.4 Å². The van der Waals surface area contributed by atoms with E-state index in [0.29, 0.717) is 0 Å². The zero-order chi connectivity index (χ0) is 22.0. The number of likely N-dealkylation sites (tertiary alicyclic amines) is 2. The lowest BCUT2D eigenvalue weighted by Gasteiger charge is -2.37. The van der Waals surface area contributed by atoms with Crippen LogP contribution in [0.2, 0.25) is 0 Å². The van der Waals surface area contributed by atoms with E-state index >= 15 is 0 Å². The Hall–Kier alpha value is -1.79. The quantitative estimate of drug-likeness (QED) is 0.750. The van der Waals surface area contributed by atoms with Gasteiger partial charge in [-0.05, 0) is 43.4 Å². The van der Waals surface area contributed by atoms with Crippen molar-refractivity contribution >= 4 is 17.8 Å². The third-order valence-electron chi connectivity index (χ3n) is 6.03. The number of rotatable bonds is 4. The van der Waals surface area contributed by atoms with E-state index in [-0.39, 0.29) is 17.9 Å². The van der Waals surface area contributed by atoms with Crippen molar-refractivity contribution in [3.05, 3.63) is 0 Å². The molecule has 0 aromatic heterocycles. The Labute approximate surface area is 175 Å². The molecule has 2 N–H and O–H groups in total. The van der Waals surface area contributed by atoms with Crippen LogP contribution in [0, 0.1) is 10.8 Å². The highest BCUT2D eigenvalue weighted by atomic mass is 16.2. The van der Waals surface area contributed by atoms with Crippen molar-refractivity contribution in [2.24, 2.45) is 10.8 Å². The molecule has 0 aromatic rings. The first-order valence-electron chi connectivity index (χ1n) is 11.0. The fourth-order valence-electron chi connectivity index (χ4n) is 4.15. The smallest absolute Gasteiger partial charge is 0.316 e. The summed E-state index contributed by atoms with van der Waals surface area (Å²) in [6, 6.07) is -1.55. The average molecular weight is 409 g/mol. The zero-order valence-electron chi connectivity index (χ0n) is 19.3. The minimum atomic E-state index is -0.648. The maximum Gasteiger partial charge on any atom is 0.316 e. The van der Waals surface area contributed by atoms with Crippen molar-refractivity contribution < 1.29 is 14.4 Å². The Morgan fingerprint density at radius 1 is 0.793 bits per heavy atom. The van der Waals surface area contributed by atoms with Gasteiger partial charge in [0.25, 0.3) is 0 Å². The van der Waals surface area contributed by atoms with Crippen LogP contribution in [0.5, 0.6) is 0 Å². The first-order valence-corrected chi connectivity index (χ1v) is 11.0. The van der Waals surface area contributed by atoms with E-state index in [0.717, 1.165) is 45.3 Å². The van der Waals surface area contributed by atoms with Crippen molar-refractivity contribution in [3.63, 3.8) is 0 Å². The highest BCUT2D eigenvalue weighted by Crippen LogP contribution is 2.26. The number of urea groups is 1. The van der Waals surface area contributed by atoms with E-state index in [9.17, 15) is 14.4 Å². The first-order chi connectivity index (χ1) is 13.3. The van der Waals surface area contributed by atoms with E-state index in [1.807, 2.05) is 51.3 Å². The third-order valence-corrected chi connectivity index (χ3v) is 6.03. The molecule has 7 nitrogen and oxygen atoms in total. The fourth-order valence-corrected chi connectivity index (χ4v) is 4.15. The van der Waals surface area contributed by atoms with Gasteiger partial charge in [-0.1, -0.05) is 41.5 Å². The number of nitrogens with one attached hydrogen (secondary N) is 2. The van der Waals surface area contributed by atoms with Gasteiger partial charge in [0.1, 0.15) is 12.1 Å². The molecule has 0 aliphatic carbocycles. The molecular weight excluding hydrogens is 368 g/mol. The summed E-state index contributed by atoms with van der Waals surface area (Å²) >= 11 is 0. The second-order valence-corrected chi connectivity index (χ2v) is 10.8. The molecule has 166 valence electrons. The van der Waals surface area contributed by atoms with Crippen LogP contribution in [0.3, 0.4) is 0 Å². The number of hydrogen-bond donors (Lipinski definition) is 2. The van der Waals surface area contributed by atoms with E-state index in [1.165, 1.54) is 0 Å². The summed E-state index contributed by atoms with van der Waals surface area (Å²) in [5.74, 6) is -0.0900. The molecule has 0 spiro atoms. The Kier molecular flexibility index (Phi) is 7.23. The summed E-state index contributed by atoms with van der Waals surface area (Å²) in [4.78, 5) is 42.8. The Balaban J connectivity index is 2.12. The molecule has 0 radical (unpaired) electrons.